The molecular weight excluding hydrogens is 150 g/mol. The van der Waals surface area contributed by atoms with E-state index in [0.29, 0.717) is 6.04 Å². The molecule has 0 unspecified atom stereocenters. The Bertz CT molecular complexity index is 161. The van der Waals surface area contributed by atoms with Crippen LogP contribution in [0.15, 0.2) is 0 Å². The van der Waals surface area contributed by atoms with Crippen LogP contribution in [0.2, 0.25) is 0 Å². The highest BCUT2D eigenvalue weighted by Gasteiger charge is 2.25. The topological polar surface area (TPSA) is 29.1 Å². The fourth-order valence-corrected chi connectivity index (χ4v) is 1.45. The number of rotatable bonds is 3. The maximum Gasteiger partial charge on any atom is 0.222 e. The van der Waals surface area contributed by atoms with Gasteiger partial charge in [0, 0.05) is 12.0 Å². The van der Waals surface area contributed by atoms with Crippen LogP contribution in [-0.4, -0.2) is 11.9 Å². The molecule has 2 heteroatoms. The maximum atomic E-state index is 11.3. The van der Waals surface area contributed by atoms with Gasteiger partial charge < -0.3 is 5.32 Å². The first kappa shape index (κ1) is 9.56. The third-order valence-corrected chi connectivity index (χ3v) is 2.75. The number of carbonyl (C=O) groups is 1. The van der Waals surface area contributed by atoms with Crippen molar-refractivity contribution in [2.75, 3.05) is 0 Å². The Kier molecular flexibility index (Phi) is 3.12. The van der Waals surface area contributed by atoms with E-state index in [0.717, 1.165) is 5.92 Å². The zero-order chi connectivity index (χ0) is 9.14. The molecule has 0 heterocycles. The molecule has 70 valence electrons. The van der Waals surface area contributed by atoms with Gasteiger partial charge in [0.15, 0.2) is 0 Å². The fourth-order valence-electron chi connectivity index (χ4n) is 1.45. The normalized spacial score (nSPS) is 20.3. The van der Waals surface area contributed by atoms with Gasteiger partial charge >= 0.3 is 0 Å². The molecule has 1 aliphatic rings. The van der Waals surface area contributed by atoms with E-state index in [1.54, 1.807) is 0 Å². The van der Waals surface area contributed by atoms with Crippen molar-refractivity contribution in [3.8, 4) is 0 Å². The second-order valence-corrected chi connectivity index (χ2v) is 4.14. The van der Waals surface area contributed by atoms with Gasteiger partial charge in [-0.05, 0) is 25.7 Å². The highest BCUT2D eigenvalue weighted by molar-refractivity contribution is 5.78. The van der Waals surface area contributed by atoms with Crippen LogP contribution >= 0.6 is 0 Å². The monoisotopic (exact) mass is 169 g/mol. The molecule has 0 bridgehead atoms. The molecule has 0 aromatic heterocycles. The van der Waals surface area contributed by atoms with E-state index in [9.17, 15) is 4.79 Å². The summed E-state index contributed by atoms with van der Waals surface area (Å²) in [5.41, 5.74) is 0. The lowest BCUT2D eigenvalue weighted by Gasteiger charge is -2.32. The smallest absolute Gasteiger partial charge is 0.222 e. The van der Waals surface area contributed by atoms with Crippen LogP contribution in [0.3, 0.4) is 0 Å². The number of carbonyl (C=O) groups excluding carboxylic acids is 1. The lowest BCUT2D eigenvalue weighted by atomic mass is 9.80. The van der Waals surface area contributed by atoms with E-state index in [-0.39, 0.29) is 11.8 Å². The third-order valence-electron chi connectivity index (χ3n) is 2.75. The molecule has 2 nitrogen and oxygen atoms in total. The first-order valence-electron chi connectivity index (χ1n) is 4.91. The standard InChI is InChI=1S/C10H19NO/c1-7(2)10(12)11-8(3)9-5-4-6-9/h7-9H,4-6H2,1-3H3,(H,11,12)/t8-/m1/s1. The molecular formula is C10H19NO. The minimum Gasteiger partial charge on any atom is -0.353 e. The van der Waals surface area contributed by atoms with Gasteiger partial charge in [0.2, 0.25) is 5.91 Å². The van der Waals surface area contributed by atoms with Crippen molar-refractivity contribution < 1.29 is 4.79 Å². The molecule has 0 aromatic carbocycles. The predicted octanol–water partition coefficient (Wildman–Crippen LogP) is 1.95. The van der Waals surface area contributed by atoms with Crippen molar-refractivity contribution in [1.82, 2.24) is 5.32 Å². The van der Waals surface area contributed by atoms with Gasteiger partial charge in [-0.2, -0.15) is 0 Å². The van der Waals surface area contributed by atoms with E-state index in [4.69, 9.17) is 0 Å². The highest BCUT2D eigenvalue weighted by atomic mass is 16.1. The van der Waals surface area contributed by atoms with Crippen LogP contribution in [0.1, 0.15) is 40.0 Å². The molecule has 1 rings (SSSR count). The van der Waals surface area contributed by atoms with Crippen LogP contribution in [-0.2, 0) is 4.79 Å². The largest absolute Gasteiger partial charge is 0.353 e. The lowest BCUT2D eigenvalue weighted by molar-refractivity contribution is -0.125. The van der Waals surface area contributed by atoms with Crippen LogP contribution in [0.4, 0.5) is 0 Å². The van der Waals surface area contributed by atoms with Gasteiger partial charge in [0.05, 0.1) is 0 Å². The summed E-state index contributed by atoms with van der Waals surface area (Å²) in [6.45, 7) is 5.98. The van der Waals surface area contributed by atoms with Gasteiger partial charge in [-0.15, -0.1) is 0 Å². The molecule has 1 atom stereocenters. The lowest BCUT2D eigenvalue weighted by Crippen LogP contribution is -2.42. The molecule has 1 saturated carbocycles. The molecule has 1 amide bonds. The Morgan fingerprint density at radius 1 is 1.33 bits per heavy atom. The molecule has 0 saturated heterocycles. The zero-order valence-corrected chi connectivity index (χ0v) is 8.26. The Hall–Kier alpha value is -0.530. The summed E-state index contributed by atoms with van der Waals surface area (Å²) in [5, 5.41) is 3.04. The summed E-state index contributed by atoms with van der Waals surface area (Å²) in [5.74, 6) is 1.05. The van der Waals surface area contributed by atoms with Gasteiger partial charge in [-0.25, -0.2) is 0 Å². The van der Waals surface area contributed by atoms with Crippen molar-refractivity contribution in [2.45, 2.75) is 46.1 Å². The number of nitrogens with one attached hydrogen (secondary N) is 1. The Labute approximate surface area is 74.7 Å². The average Bonchev–Trinajstić information content (AvgIpc) is 1.82. The quantitative estimate of drug-likeness (QED) is 0.687. The number of amides is 1. The summed E-state index contributed by atoms with van der Waals surface area (Å²) in [6, 6.07) is 0.383. The van der Waals surface area contributed by atoms with Crippen LogP contribution in [0.5, 0.6) is 0 Å². The third kappa shape index (κ3) is 2.23. The summed E-state index contributed by atoms with van der Waals surface area (Å²) in [4.78, 5) is 11.3. The minimum absolute atomic E-state index is 0.118. The van der Waals surface area contributed by atoms with Crippen molar-refractivity contribution in [3.63, 3.8) is 0 Å². The maximum absolute atomic E-state index is 11.3. The Morgan fingerprint density at radius 2 is 1.92 bits per heavy atom. The fraction of sp³-hybridized carbons (Fsp3) is 0.900. The second kappa shape index (κ2) is 3.92. The van der Waals surface area contributed by atoms with Gasteiger partial charge in [-0.3, -0.25) is 4.79 Å². The van der Waals surface area contributed by atoms with Gasteiger partial charge in [0.1, 0.15) is 0 Å². The number of hydrogen-bond acceptors (Lipinski definition) is 1. The van der Waals surface area contributed by atoms with E-state index >= 15 is 0 Å². The van der Waals surface area contributed by atoms with Crippen molar-refractivity contribution in [3.05, 3.63) is 0 Å². The first-order chi connectivity index (χ1) is 5.61. The van der Waals surface area contributed by atoms with Gasteiger partial charge in [0.25, 0.3) is 0 Å². The summed E-state index contributed by atoms with van der Waals surface area (Å²) >= 11 is 0. The average molecular weight is 169 g/mol. The molecule has 1 N–H and O–H groups in total. The van der Waals surface area contributed by atoms with Crippen molar-refractivity contribution in [1.29, 1.82) is 0 Å². The van der Waals surface area contributed by atoms with E-state index in [2.05, 4.69) is 12.2 Å². The summed E-state index contributed by atoms with van der Waals surface area (Å²) in [6.07, 6.45) is 3.92. The molecule has 1 aliphatic carbocycles. The SMILES string of the molecule is CC(C)C(=O)N[C@H](C)C1CCC1. The Balaban J connectivity index is 2.24. The molecule has 0 spiro atoms. The van der Waals surface area contributed by atoms with E-state index in [1.165, 1.54) is 19.3 Å². The molecule has 1 fully saturated rings. The van der Waals surface area contributed by atoms with E-state index < -0.39 is 0 Å². The van der Waals surface area contributed by atoms with Crippen LogP contribution in [0, 0.1) is 11.8 Å². The van der Waals surface area contributed by atoms with Crippen LogP contribution < -0.4 is 5.32 Å². The second-order valence-electron chi connectivity index (χ2n) is 4.14. The molecule has 12 heavy (non-hydrogen) atoms. The van der Waals surface area contributed by atoms with Crippen molar-refractivity contribution >= 4 is 5.91 Å². The van der Waals surface area contributed by atoms with Gasteiger partial charge in [-0.1, -0.05) is 20.3 Å². The molecule has 0 radical (unpaired) electrons. The van der Waals surface area contributed by atoms with Crippen LogP contribution in [0.25, 0.3) is 0 Å². The summed E-state index contributed by atoms with van der Waals surface area (Å²) in [7, 11) is 0. The molecule has 0 aliphatic heterocycles. The first-order valence-corrected chi connectivity index (χ1v) is 4.91. The number of hydrogen-bond donors (Lipinski definition) is 1. The summed E-state index contributed by atoms with van der Waals surface area (Å²) < 4.78 is 0. The Morgan fingerprint density at radius 3 is 2.25 bits per heavy atom. The minimum atomic E-state index is 0.118. The van der Waals surface area contributed by atoms with Crippen molar-refractivity contribution in [2.24, 2.45) is 11.8 Å². The zero-order valence-electron chi connectivity index (χ0n) is 8.26. The van der Waals surface area contributed by atoms with E-state index in [1.807, 2.05) is 13.8 Å². The predicted molar refractivity (Wildman–Crippen MR) is 49.8 cm³/mol. The molecule has 0 aromatic rings. The highest BCUT2D eigenvalue weighted by Crippen LogP contribution is 2.29.